The van der Waals surface area contributed by atoms with E-state index in [4.69, 9.17) is 9.97 Å². The molecule has 0 fully saturated rings. The molecular formula is C48H27N5. The number of benzene rings is 8. The van der Waals surface area contributed by atoms with Gasteiger partial charge in [-0.3, -0.25) is 8.80 Å². The van der Waals surface area contributed by atoms with Gasteiger partial charge in [0.05, 0.1) is 27.8 Å². The van der Waals surface area contributed by atoms with Gasteiger partial charge in [-0.1, -0.05) is 115 Å². The van der Waals surface area contributed by atoms with Crippen molar-refractivity contribution < 1.29 is 0 Å². The summed E-state index contributed by atoms with van der Waals surface area (Å²) in [7, 11) is 0. The van der Waals surface area contributed by atoms with Crippen LogP contribution in [0.1, 0.15) is 0 Å². The number of fused-ring (bicyclic) bond motifs is 15. The molecule has 0 saturated heterocycles. The summed E-state index contributed by atoms with van der Waals surface area (Å²) in [4.78, 5) is 13.8. The summed E-state index contributed by atoms with van der Waals surface area (Å²) in [5, 5.41) is 12.0. The van der Waals surface area contributed by atoms with E-state index >= 15 is 0 Å². The summed E-state index contributed by atoms with van der Waals surface area (Å²) in [6, 6.07) is 59.0. The molecule has 5 heteroatoms. The molecule has 0 saturated carbocycles. The van der Waals surface area contributed by atoms with Gasteiger partial charge in [0.25, 0.3) is 0 Å². The minimum atomic E-state index is 0.875. The van der Waals surface area contributed by atoms with Gasteiger partial charge in [0, 0.05) is 43.7 Å². The second-order valence-corrected chi connectivity index (χ2v) is 14.2. The van der Waals surface area contributed by atoms with Gasteiger partial charge >= 0.3 is 0 Å². The van der Waals surface area contributed by atoms with Crippen LogP contribution in [0.5, 0.6) is 0 Å². The van der Waals surface area contributed by atoms with E-state index in [2.05, 4.69) is 177 Å². The van der Waals surface area contributed by atoms with Crippen LogP contribution in [-0.2, 0) is 0 Å². The molecule has 0 aliphatic carbocycles. The Labute approximate surface area is 301 Å². The third-order valence-electron chi connectivity index (χ3n) is 11.5. The monoisotopic (exact) mass is 673 g/mol. The van der Waals surface area contributed by atoms with Crippen molar-refractivity contribution in [2.24, 2.45) is 0 Å². The van der Waals surface area contributed by atoms with Crippen LogP contribution in [0.25, 0.3) is 98.3 Å². The van der Waals surface area contributed by atoms with Gasteiger partial charge in [0.2, 0.25) is 0 Å². The fourth-order valence-corrected chi connectivity index (χ4v) is 9.32. The predicted molar refractivity (Wildman–Crippen MR) is 221 cm³/mol. The fraction of sp³-hybridized carbons (Fsp3) is 0. The van der Waals surface area contributed by atoms with Crippen molar-refractivity contribution in [1.82, 2.24) is 18.8 Å². The first-order valence-electron chi connectivity index (χ1n) is 18.1. The van der Waals surface area contributed by atoms with Crippen LogP contribution >= 0.6 is 0 Å². The van der Waals surface area contributed by atoms with Crippen LogP contribution in [0.2, 0.25) is 0 Å². The van der Waals surface area contributed by atoms with E-state index in [0.717, 1.165) is 66.7 Å². The van der Waals surface area contributed by atoms with Crippen molar-refractivity contribution >= 4 is 115 Å². The smallest absolute Gasteiger partial charge is 0.165 e. The Bertz CT molecular complexity index is 3580. The SMILES string of the molecule is c1ccc(N(c2ccccc2)c2cccc3c4cccc5c6nc7c(nc6n(c23)c45)c2c3ccccc3cc3c4cc5ccccc5cc4n7c32)cc1. The highest BCUT2D eigenvalue weighted by Crippen LogP contribution is 2.47. The lowest BCUT2D eigenvalue weighted by molar-refractivity contribution is 1.23. The van der Waals surface area contributed by atoms with E-state index in [1.807, 2.05) is 0 Å². The lowest BCUT2D eigenvalue weighted by atomic mass is 10.0. The lowest BCUT2D eigenvalue weighted by Gasteiger charge is -2.26. The second kappa shape index (κ2) is 9.75. The van der Waals surface area contributed by atoms with Crippen molar-refractivity contribution in [1.29, 1.82) is 0 Å². The van der Waals surface area contributed by atoms with Crippen LogP contribution in [0, 0.1) is 0 Å². The van der Waals surface area contributed by atoms with Crippen LogP contribution in [0.3, 0.4) is 0 Å². The molecule has 53 heavy (non-hydrogen) atoms. The minimum absolute atomic E-state index is 0.875. The number of anilines is 3. The van der Waals surface area contributed by atoms with Gasteiger partial charge in [-0.25, -0.2) is 9.97 Å². The maximum Gasteiger partial charge on any atom is 0.165 e. The zero-order valence-electron chi connectivity index (χ0n) is 28.3. The van der Waals surface area contributed by atoms with Gasteiger partial charge in [0.1, 0.15) is 11.0 Å². The van der Waals surface area contributed by atoms with E-state index in [1.54, 1.807) is 0 Å². The molecule has 244 valence electrons. The van der Waals surface area contributed by atoms with E-state index in [1.165, 1.54) is 48.6 Å². The van der Waals surface area contributed by atoms with E-state index in [-0.39, 0.29) is 0 Å². The van der Waals surface area contributed by atoms with Crippen LogP contribution in [0.4, 0.5) is 17.1 Å². The number of hydrogen-bond acceptors (Lipinski definition) is 3. The molecule has 5 aromatic heterocycles. The summed E-state index contributed by atoms with van der Waals surface area (Å²) in [5.41, 5.74) is 11.5. The first kappa shape index (κ1) is 27.5. The van der Waals surface area contributed by atoms with E-state index < -0.39 is 0 Å². The summed E-state index contributed by atoms with van der Waals surface area (Å²) in [5.74, 6) is 0. The standard InChI is InChI=1S/C48H27N5/c1-3-16-31(17-4-1)51(32-18-5-2-6-19-32)39-24-12-22-35-34-21-11-23-36-42-47(53(44(34)36)45(35)39)50-43-41-33-20-10-9-15-30(33)26-38-37-25-28-13-7-8-14-29(28)27-40(37)52(46(38)41)48(43)49-42/h1-27H. The van der Waals surface area contributed by atoms with Crippen LogP contribution < -0.4 is 4.90 Å². The Kier molecular flexibility index (Phi) is 5.06. The molecule has 0 atom stereocenters. The van der Waals surface area contributed by atoms with Gasteiger partial charge in [-0.2, -0.15) is 0 Å². The number of para-hydroxylation sites is 4. The summed E-state index contributed by atoms with van der Waals surface area (Å²) in [6.45, 7) is 0. The Balaban J connectivity index is 1.24. The topological polar surface area (TPSA) is 37.8 Å². The highest BCUT2D eigenvalue weighted by Gasteiger charge is 2.27. The molecule has 0 aliphatic heterocycles. The third-order valence-corrected chi connectivity index (χ3v) is 11.5. The molecule has 13 aromatic rings. The number of rotatable bonds is 3. The molecule has 5 heterocycles. The average Bonchev–Trinajstić information content (AvgIpc) is 3.93. The van der Waals surface area contributed by atoms with Crippen LogP contribution in [-0.4, -0.2) is 18.8 Å². The summed E-state index contributed by atoms with van der Waals surface area (Å²) < 4.78 is 4.77. The second-order valence-electron chi connectivity index (χ2n) is 14.2. The zero-order chi connectivity index (χ0) is 34.4. The van der Waals surface area contributed by atoms with E-state index in [0.29, 0.717) is 0 Å². The van der Waals surface area contributed by atoms with Crippen molar-refractivity contribution in [2.45, 2.75) is 0 Å². The van der Waals surface area contributed by atoms with E-state index in [9.17, 15) is 0 Å². The number of nitrogens with zero attached hydrogens (tertiary/aromatic N) is 5. The third kappa shape index (κ3) is 3.42. The van der Waals surface area contributed by atoms with Crippen molar-refractivity contribution in [3.8, 4) is 0 Å². The van der Waals surface area contributed by atoms with Gasteiger partial charge < -0.3 is 4.90 Å². The molecular weight excluding hydrogens is 647 g/mol. The number of aromatic nitrogens is 4. The normalized spacial score (nSPS) is 12.5. The quantitative estimate of drug-likeness (QED) is 0.187. The molecule has 5 nitrogen and oxygen atoms in total. The maximum atomic E-state index is 5.73. The average molecular weight is 674 g/mol. The maximum absolute atomic E-state index is 5.73. The molecule has 0 unspecified atom stereocenters. The summed E-state index contributed by atoms with van der Waals surface area (Å²) >= 11 is 0. The molecule has 0 aliphatic rings. The highest BCUT2D eigenvalue weighted by molar-refractivity contribution is 6.32. The Morgan fingerprint density at radius 1 is 0.377 bits per heavy atom. The molecule has 8 aromatic carbocycles. The molecule has 0 radical (unpaired) electrons. The fourth-order valence-electron chi connectivity index (χ4n) is 9.32. The zero-order valence-corrected chi connectivity index (χ0v) is 28.3. The van der Waals surface area contributed by atoms with Crippen LogP contribution in [0.15, 0.2) is 164 Å². The summed E-state index contributed by atoms with van der Waals surface area (Å²) in [6.07, 6.45) is 0. The largest absolute Gasteiger partial charge is 0.308 e. The predicted octanol–water partition coefficient (Wildman–Crippen LogP) is 12.6. The lowest BCUT2D eigenvalue weighted by Crippen LogP contribution is -2.10. The first-order valence-corrected chi connectivity index (χ1v) is 18.1. The first-order chi connectivity index (χ1) is 26.3. The van der Waals surface area contributed by atoms with Gasteiger partial charge in [-0.15, -0.1) is 0 Å². The van der Waals surface area contributed by atoms with Gasteiger partial charge in [0.15, 0.2) is 11.3 Å². The van der Waals surface area contributed by atoms with Crippen molar-refractivity contribution in [2.75, 3.05) is 4.90 Å². The Morgan fingerprint density at radius 2 is 0.943 bits per heavy atom. The molecule has 13 rings (SSSR count). The molecule has 0 bridgehead atoms. The number of hydrogen-bond donors (Lipinski definition) is 0. The van der Waals surface area contributed by atoms with Crippen molar-refractivity contribution in [3.05, 3.63) is 164 Å². The molecule has 0 amide bonds. The minimum Gasteiger partial charge on any atom is -0.308 e. The highest BCUT2D eigenvalue weighted by atomic mass is 15.2. The van der Waals surface area contributed by atoms with Gasteiger partial charge in [-0.05, 0) is 70.1 Å². The Morgan fingerprint density at radius 3 is 1.72 bits per heavy atom. The molecule has 0 N–H and O–H groups in total. The van der Waals surface area contributed by atoms with Crippen molar-refractivity contribution in [3.63, 3.8) is 0 Å². The molecule has 0 spiro atoms. The Hall–Kier alpha value is -7.24.